The van der Waals surface area contributed by atoms with Crippen molar-refractivity contribution in [1.29, 1.82) is 0 Å². The fourth-order valence-electron chi connectivity index (χ4n) is 2.53. The summed E-state index contributed by atoms with van der Waals surface area (Å²) in [4.78, 5) is 27.9. The number of nitrogens with one attached hydrogen (secondary N) is 1. The van der Waals surface area contributed by atoms with E-state index >= 15 is 0 Å². The Bertz CT molecular complexity index is 800. The maximum atomic E-state index is 12.4. The highest BCUT2D eigenvalue weighted by Crippen LogP contribution is 2.21. The molecule has 10 heteroatoms. The van der Waals surface area contributed by atoms with Crippen LogP contribution >= 0.6 is 11.6 Å². The first-order valence-corrected chi connectivity index (χ1v) is 8.03. The van der Waals surface area contributed by atoms with Gasteiger partial charge in [0.15, 0.2) is 0 Å². The lowest BCUT2D eigenvalue weighted by molar-refractivity contribution is 0.0661. The van der Waals surface area contributed by atoms with Crippen LogP contribution in [0.2, 0.25) is 5.02 Å². The van der Waals surface area contributed by atoms with E-state index in [9.17, 15) is 9.59 Å². The number of urea groups is 1. The lowest BCUT2D eigenvalue weighted by Gasteiger charge is -2.34. The average Bonchev–Trinajstić information content (AvgIpc) is 3.03. The Kier molecular flexibility index (Phi) is 4.75. The third-order valence-electron chi connectivity index (χ3n) is 4.01. The number of anilines is 2. The van der Waals surface area contributed by atoms with E-state index in [4.69, 9.17) is 17.3 Å². The number of hydrogen-bond donors (Lipinski definition) is 2. The molecule has 0 spiro atoms. The van der Waals surface area contributed by atoms with E-state index in [2.05, 4.69) is 20.3 Å². The van der Waals surface area contributed by atoms with Crippen molar-refractivity contribution in [3.63, 3.8) is 0 Å². The molecule has 0 bridgehead atoms. The number of carbonyl (C=O) groups is 2. The Morgan fingerprint density at radius 3 is 2.52 bits per heavy atom. The van der Waals surface area contributed by atoms with Crippen molar-refractivity contribution >= 4 is 35.0 Å². The van der Waals surface area contributed by atoms with Crippen molar-refractivity contribution in [3.8, 4) is 0 Å². The lowest BCUT2D eigenvalue weighted by Crippen LogP contribution is -2.51. The maximum absolute atomic E-state index is 12.4. The van der Waals surface area contributed by atoms with Crippen molar-refractivity contribution in [2.45, 2.75) is 6.92 Å². The van der Waals surface area contributed by atoms with E-state index in [0.29, 0.717) is 36.9 Å². The number of aromatic nitrogens is 2. The number of amides is 3. The molecule has 0 radical (unpaired) electrons. The Hall–Kier alpha value is -2.81. The highest BCUT2D eigenvalue weighted by atomic mass is 35.5. The molecule has 1 saturated heterocycles. The summed E-state index contributed by atoms with van der Waals surface area (Å²) in [5.41, 5.74) is 7.11. The topological polar surface area (TPSA) is 118 Å². The highest BCUT2D eigenvalue weighted by Gasteiger charge is 2.28. The van der Waals surface area contributed by atoms with Gasteiger partial charge in [0.25, 0.3) is 5.91 Å². The number of hydrogen-bond acceptors (Lipinski definition) is 6. The van der Waals surface area contributed by atoms with E-state index in [-0.39, 0.29) is 23.5 Å². The monoisotopic (exact) mass is 364 g/mol. The fourth-order valence-corrected chi connectivity index (χ4v) is 2.70. The molecule has 0 atom stereocenters. The molecule has 3 amide bonds. The smallest absolute Gasteiger partial charge is 0.321 e. The lowest BCUT2D eigenvalue weighted by atomic mass is 10.2. The van der Waals surface area contributed by atoms with Gasteiger partial charge in [0.2, 0.25) is 11.5 Å². The number of nitrogens with zero attached hydrogens (tertiary/aromatic N) is 4. The number of nitrogens with two attached hydrogens (primary N) is 1. The van der Waals surface area contributed by atoms with E-state index in [1.54, 1.807) is 21.9 Å². The molecule has 0 aliphatic carbocycles. The zero-order valence-corrected chi connectivity index (χ0v) is 14.3. The molecule has 9 nitrogen and oxygen atoms in total. The van der Waals surface area contributed by atoms with Crippen LogP contribution in [-0.4, -0.2) is 58.2 Å². The minimum absolute atomic E-state index is 0.00699. The first kappa shape index (κ1) is 17.0. The normalized spacial score (nSPS) is 14.5. The summed E-state index contributed by atoms with van der Waals surface area (Å²) in [7, 11) is 0. The van der Waals surface area contributed by atoms with Gasteiger partial charge in [-0.1, -0.05) is 17.7 Å². The van der Waals surface area contributed by atoms with Crippen LogP contribution in [0.5, 0.6) is 0 Å². The predicted molar refractivity (Wildman–Crippen MR) is 91.4 cm³/mol. The number of carbonyl (C=O) groups excluding carboxylic acids is 2. The summed E-state index contributed by atoms with van der Waals surface area (Å²) in [5.74, 6) is -0.397. The quantitative estimate of drug-likeness (QED) is 0.835. The SMILES string of the molecule is Cc1ccc(Cl)cc1NC(=O)N1CCN(C(=O)c2nonc2N)CC1. The molecule has 1 aromatic heterocycles. The Morgan fingerprint density at radius 2 is 1.88 bits per heavy atom. The van der Waals surface area contributed by atoms with Crippen molar-refractivity contribution in [1.82, 2.24) is 20.1 Å². The second kappa shape index (κ2) is 6.98. The summed E-state index contributed by atoms with van der Waals surface area (Å²) < 4.78 is 4.45. The third-order valence-corrected chi connectivity index (χ3v) is 4.25. The van der Waals surface area contributed by atoms with Crippen LogP contribution in [-0.2, 0) is 0 Å². The third kappa shape index (κ3) is 3.66. The van der Waals surface area contributed by atoms with E-state index in [1.165, 1.54) is 0 Å². The van der Waals surface area contributed by atoms with Gasteiger partial charge in [0, 0.05) is 36.9 Å². The number of nitrogen functional groups attached to an aromatic ring is 1. The molecule has 1 aromatic carbocycles. The summed E-state index contributed by atoms with van der Waals surface area (Å²) in [6.45, 7) is 3.41. The Morgan fingerprint density at radius 1 is 1.20 bits per heavy atom. The molecule has 1 fully saturated rings. The second-order valence-electron chi connectivity index (χ2n) is 5.67. The van der Waals surface area contributed by atoms with Gasteiger partial charge in [-0.25, -0.2) is 9.42 Å². The van der Waals surface area contributed by atoms with Crippen LogP contribution in [0.4, 0.5) is 16.3 Å². The van der Waals surface area contributed by atoms with Crippen LogP contribution in [0.25, 0.3) is 0 Å². The van der Waals surface area contributed by atoms with E-state index in [0.717, 1.165) is 5.56 Å². The number of rotatable bonds is 2. The summed E-state index contributed by atoms with van der Waals surface area (Å²) >= 11 is 5.96. The number of aryl methyl sites for hydroxylation is 1. The first-order valence-electron chi connectivity index (χ1n) is 7.65. The Labute approximate surface area is 148 Å². The van der Waals surface area contributed by atoms with Gasteiger partial charge >= 0.3 is 6.03 Å². The molecule has 0 saturated carbocycles. The molecule has 2 heterocycles. The standard InChI is InChI=1S/C15H17ClN6O3/c1-9-2-3-10(16)8-11(9)18-15(24)22-6-4-21(5-7-22)14(23)12-13(17)20-25-19-12/h2-3,8H,4-7H2,1H3,(H2,17,20)(H,18,24). The van der Waals surface area contributed by atoms with Gasteiger partial charge in [-0.2, -0.15) is 0 Å². The van der Waals surface area contributed by atoms with Crippen molar-refractivity contribution < 1.29 is 14.2 Å². The summed E-state index contributed by atoms with van der Waals surface area (Å²) in [6, 6.07) is 5.07. The largest absolute Gasteiger partial charge is 0.379 e. The second-order valence-corrected chi connectivity index (χ2v) is 6.10. The number of halogens is 1. The summed E-state index contributed by atoms with van der Waals surface area (Å²) in [5, 5.41) is 10.3. The van der Waals surface area contributed by atoms with Crippen LogP contribution in [0.3, 0.4) is 0 Å². The fraction of sp³-hybridized carbons (Fsp3) is 0.333. The molecule has 1 aliphatic heterocycles. The molecule has 132 valence electrons. The molecule has 2 aromatic rings. The van der Waals surface area contributed by atoms with Crippen molar-refractivity contribution in [2.24, 2.45) is 0 Å². The minimum Gasteiger partial charge on any atom is -0.379 e. The number of benzene rings is 1. The Balaban J connectivity index is 1.58. The van der Waals surface area contributed by atoms with Crippen LogP contribution < -0.4 is 11.1 Å². The van der Waals surface area contributed by atoms with Crippen LogP contribution in [0, 0.1) is 6.92 Å². The zero-order valence-electron chi connectivity index (χ0n) is 13.5. The minimum atomic E-state index is -0.357. The molecular weight excluding hydrogens is 348 g/mol. The van der Waals surface area contributed by atoms with Crippen LogP contribution in [0.15, 0.2) is 22.8 Å². The molecule has 3 rings (SSSR count). The zero-order chi connectivity index (χ0) is 18.0. The van der Waals surface area contributed by atoms with Gasteiger partial charge in [-0.3, -0.25) is 4.79 Å². The maximum Gasteiger partial charge on any atom is 0.321 e. The molecule has 25 heavy (non-hydrogen) atoms. The van der Waals surface area contributed by atoms with Crippen molar-refractivity contribution in [2.75, 3.05) is 37.2 Å². The molecule has 3 N–H and O–H groups in total. The van der Waals surface area contributed by atoms with Crippen molar-refractivity contribution in [3.05, 3.63) is 34.5 Å². The van der Waals surface area contributed by atoms with Gasteiger partial charge in [-0.15, -0.1) is 0 Å². The highest BCUT2D eigenvalue weighted by molar-refractivity contribution is 6.31. The molecule has 1 aliphatic rings. The molecule has 0 unspecified atom stereocenters. The average molecular weight is 365 g/mol. The molecular formula is C15H17ClN6O3. The summed E-state index contributed by atoms with van der Waals surface area (Å²) in [6.07, 6.45) is 0. The van der Waals surface area contributed by atoms with Gasteiger partial charge in [0.1, 0.15) is 0 Å². The first-order chi connectivity index (χ1) is 12.0. The van der Waals surface area contributed by atoms with Crippen LogP contribution in [0.1, 0.15) is 16.1 Å². The van der Waals surface area contributed by atoms with E-state index < -0.39 is 0 Å². The van der Waals surface area contributed by atoms with Gasteiger partial charge < -0.3 is 20.9 Å². The predicted octanol–water partition coefficient (Wildman–Crippen LogP) is 1.60. The van der Waals surface area contributed by atoms with E-state index in [1.807, 2.05) is 13.0 Å². The van der Waals surface area contributed by atoms with Gasteiger partial charge in [-0.05, 0) is 34.9 Å². The number of piperazine rings is 1. The van der Waals surface area contributed by atoms with Gasteiger partial charge in [0.05, 0.1) is 0 Å².